The Kier molecular flexibility index (Phi) is 3.60. The van der Waals surface area contributed by atoms with Crippen molar-refractivity contribution in [3.05, 3.63) is 64.7 Å². The molecule has 0 bridgehead atoms. The number of halogens is 1. The first-order valence-corrected chi connectivity index (χ1v) is 7.14. The molecular weight excluding hydrogens is 286 g/mol. The van der Waals surface area contributed by atoms with Crippen molar-refractivity contribution in [1.29, 1.82) is 0 Å². The summed E-state index contributed by atoms with van der Waals surface area (Å²) >= 11 is 5.92. The predicted molar refractivity (Wildman–Crippen MR) is 84.0 cm³/mol. The average molecular weight is 302 g/mol. The van der Waals surface area contributed by atoms with Gasteiger partial charge in [0, 0.05) is 11.4 Å². The monoisotopic (exact) mass is 301 g/mol. The van der Waals surface area contributed by atoms with E-state index in [0.717, 1.165) is 34.0 Å². The van der Waals surface area contributed by atoms with Gasteiger partial charge in [0.1, 0.15) is 5.75 Å². The molecule has 1 heterocycles. The van der Waals surface area contributed by atoms with Crippen LogP contribution in [0, 0.1) is 0 Å². The molecule has 4 heteroatoms. The third-order valence-electron chi connectivity index (χ3n) is 3.74. The molecule has 0 fully saturated rings. The van der Waals surface area contributed by atoms with E-state index in [-0.39, 0.29) is 0 Å². The number of hydrogen-bond donors (Lipinski definition) is 0. The highest BCUT2D eigenvalue weighted by Gasteiger charge is 2.36. The number of benzene rings is 2. The van der Waals surface area contributed by atoms with Crippen molar-refractivity contribution >= 4 is 17.3 Å². The minimum absolute atomic E-state index is 0.443. The molecule has 0 aliphatic carbocycles. The Bertz CT molecular complexity index is 664. The Morgan fingerprint density at radius 3 is 2.38 bits per heavy atom. The standard InChI is InChI=1S/C17H16ClNO2/c1-17(13-5-9-15(20-2)10-6-13)11-16(19-21-17)12-3-7-14(18)8-4-12/h3-10H,11H2,1-2H3. The molecule has 0 amide bonds. The number of methoxy groups -OCH3 is 1. The van der Waals surface area contributed by atoms with E-state index in [9.17, 15) is 0 Å². The van der Waals surface area contributed by atoms with Crippen LogP contribution in [0.3, 0.4) is 0 Å². The molecule has 0 spiro atoms. The molecule has 1 atom stereocenters. The third-order valence-corrected chi connectivity index (χ3v) is 3.99. The second-order valence-corrected chi connectivity index (χ2v) is 5.71. The number of ether oxygens (including phenoxy) is 1. The van der Waals surface area contributed by atoms with Gasteiger partial charge in [0.25, 0.3) is 0 Å². The van der Waals surface area contributed by atoms with Crippen LogP contribution in [0.1, 0.15) is 24.5 Å². The number of rotatable bonds is 3. The van der Waals surface area contributed by atoms with Gasteiger partial charge in [-0.25, -0.2) is 0 Å². The fourth-order valence-electron chi connectivity index (χ4n) is 2.44. The van der Waals surface area contributed by atoms with E-state index in [0.29, 0.717) is 0 Å². The summed E-state index contributed by atoms with van der Waals surface area (Å²) in [7, 11) is 1.66. The fourth-order valence-corrected chi connectivity index (χ4v) is 2.56. The van der Waals surface area contributed by atoms with E-state index in [1.54, 1.807) is 7.11 Å². The fraction of sp³-hybridized carbons (Fsp3) is 0.235. The molecule has 0 N–H and O–H groups in total. The van der Waals surface area contributed by atoms with Gasteiger partial charge in [-0.05, 0) is 42.3 Å². The van der Waals surface area contributed by atoms with Gasteiger partial charge in [-0.1, -0.05) is 41.0 Å². The summed E-state index contributed by atoms with van der Waals surface area (Å²) in [4.78, 5) is 5.71. The molecule has 1 aliphatic heterocycles. The second-order valence-electron chi connectivity index (χ2n) is 5.27. The van der Waals surface area contributed by atoms with Crippen molar-refractivity contribution in [3.63, 3.8) is 0 Å². The molecular formula is C17H16ClNO2. The number of hydrogen-bond acceptors (Lipinski definition) is 3. The molecule has 0 aromatic heterocycles. The molecule has 0 saturated carbocycles. The predicted octanol–water partition coefficient (Wildman–Crippen LogP) is 4.39. The molecule has 108 valence electrons. The van der Waals surface area contributed by atoms with Crippen LogP contribution in [0.5, 0.6) is 5.75 Å². The molecule has 3 rings (SSSR count). The minimum Gasteiger partial charge on any atom is -0.497 e. The lowest BCUT2D eigenvalue weighted by Crippen LogP contribution is -2.21. The number of oxime groups is 1. The normalized spacial score (nSPS) is 20.8. The first-order chi connectivity index (χ1) is 10.1. The topological polar surface area (TPSA) is 30.8 Å². The SMILES string of the molecule is COc1ccc(C2(C)CC(c3ccc(Cl)cc3)=NO2)cc1. The van der Waals surface area contributed by atoms with Crippen LogP contribution in [0.2, 0.25) is 5.02 Å². The summed E-state index contributed by atoms with van der Waals surface area (Å²) in [6.07, 6.45) is 0.723. The van der Waals surface area contributed by atoms with Crippen LogP contribution in [0.4, 0.5) is 0 Å². The third kappa shape index (κ3) is 2.74. The summed E-state index contributed by atoms with van der Waals surface area (Å²) in [5, 5.41) is 4.97. The van der Waals surface area contributed by atoms with E-state index >= 15 is 0 Å². The summed E-state index contributed by atoms with van der Waals surface area (Å²) in [5.74, 6) is 0.833. The largest absolute Gasteiger partial charge is 0.497 e. The zero-order valence-corrected chi connectivity index (χ0v) is 12.7. The van der Waals surface area contributed by atoms with Crippen molar-refractivity contribution in [1.82, 2.24) is 0 Å². The lowest BCUT2D eigenvalue weighted by Gasteiger charge is -2.22. The maximum Gasteiger partial charge on any atom is 0.165 e. The molecule has 21 heavy (non-hydrogen) atoms. The van der Waals surface area contributed by atoms with Crippen molar-refractivity contribution in [2.45, 2.75) is 18.9 Å². The van der Waals surface area contributed by atoms with Gasteiger partial charge in [-0.2, -0.15) is 0 Å². The minimum atomic E-state index is -0.443. The highest BCUT2D eigenvalue weighted by molar-refractivity contribution is 6.30. The number of nitrogens with zero attached hydrogens (tertiary/aromatic N) is 1. The Morgan fingerprint density at radius 2 is 1.76 bits per heavy atom. The Hall–Kier alpha value is -2.00. The van der Waals surface area contributed by atoms with Gasteiger partial charge in [0.15, 0.2) is 5.60 Å². The quantitative estimate of drug-likeness (QED) is 0.842. The van der Waals surface area contributed by atoms with Gasteiger partial charge in [-0.3, -0.25) is 0 Å². The van der Waals surface area contributed by atoms with E-state index in [1.807, 2.05) is 55.5 Å². The van der Waals surface area contributed by atoms with Gasteiger partial charge < -0.3 is 9.57 Å². The van der Waals surface area contributed by atoms with Gasteiger partial charge in [-0.15, -0.1) is 0 Å². The highest BCUT2D eigenvalue weighted by Crippen LogP contribution is 2.36. The van der Waals surface area contributed by atoms with E-state index in [4.69, 9.17) is 21.2 Å². The van der Waals surface area contributed by atoms with Gasteiger partial charge in [0.2, 0.25) is 0 Å². The zero-order chi connectivity index (χ0) is 14.9. The molecule has 1 unspecified atom stereocenters. The van der Waals surface area contributed by atoms with Crippen LogP contribution in [0.25, 0.3) is 0 Å². The van der Waals surface area contributed by atoms with Crippen LogP contribution < -0.4 is 4.74 Å². The molecule has 2 aromatic rings. The molecule has 0 radical (unpaired) electrons. The summed E-state index contributed by atoms with van der Waals surface area (Å²) in [5.41, 5.74) is 2.61. The smallest absolute Gasteiger partial charge is 0.165 e. The Morgan fingerprint density at radius 1 is 1.10 bits per heavy atom. The highest BCUT2D eigenvalue weighted by atomic mass is 35.5. The summed E-state index contributed by atoms with van der Waals surface area (Å²) < 4.78 is 5.18. The molecule has 2 aromatic carbocycles. The Balaban J connectivity index is 1.81. The van der Waals surface area contributed by atoms with Crippen molar-refractivity contribution < 1.29 is 9.57 Å². The van der Waals surface area contributed by atoms with Crippen LogP contribution in [-0.2, 0) is 10.4 Å². The summed E-state index contributed by atoms with van der Waals surface area (Å²) in [6.45, 7) is 2.04. The maximum absolute atomic E-state index is 5.92. The average Bonchev–Trinajstić information content (AvgIpc) is 2.92. The van der Waals surface area contributed by atoms with Crippen molar-refractivity contribution in [3.8, 4) is 5.75 Å². The lowest BCUT2D eigenvalue weighted by atomic mass is 9.89. The van der Waals surface area contributed by atoms with Gasteiger partial charge >= 0.3 is 0 Å². The first kappa shape index (κ1) is 14.0. The van der Waals surface area contributed by atoms with Gasteiger partial charge in [0.05, 0.1) is 12.8 Å². The van der Waals surface area contributed by atoms with E-state index < -0.39 is 5.60 Å². The molecule has 0 saturated heterocycles. The first-order valence-electron chi connectivity index (χ1n) is 6.76. The van der Waals surface area contributed by atoms with Crippen LogP contribution >= 0.6 is 11.6 Å². The lowest BCUT2D eigenvalue weighted by molar-refractivity contribution is -0.00741. The molecule has 3 nitrogen and oxygen atoms in total. The van der Waals surface area contributed by atoms with E-state index in [2.05, 4.69) is 5.16 Å². The van der Waals surface area contributed by atoms with Crippen LogP contribution in [-0.4, -0.2) is 12.8 Å². The van der Waals surface area contributed by atoms with Crippen molar-refractivity contribution in [2.24, 2.45) is 5.16 Å². The zero-order valence-electron chi connectivity index (χ0n) is 12.0. The van der Waals surface area contributed by atoms with Crippen molar-refractivity contribution in [2.75, 3.05) is 7.11 Å². The van der Waals surface area contributed by atoms with E-state index in [1.165, 1.54) is 0 Å². The maximum atomic E-state index is 5.92. The Labute approximate surface area is 129 Å². The van der Waals surface area contributed by atoms with Crippen LogP contribution in [0.15, 0.2) is 53.7 Å². The molecule has 1 aliphatic rings. The summed E-state index contributed by atoms with van der Waals surface area (Å²) in [6, 6.07) is 15.5. The second kappa shape index (κ2) is 5.41.